The maximum absolute atomic E-state index is 13.3. The molecule has 0 saturated carbocycles. The lowest BCUT2D eigenvalue weighted by Crippen LogP contribution is -2.44. The first-order chi connectivity index (χ1) is 15.6. The Bertz CT molecular complexity index is 1200. The molecule has 0 amide bonds. The minimum atomic E-state index is -3.87. The number of benzene rings is 1. The van der Waals surface area contributed by atoms with E-state index in [2.05, 4.69) is 9.97 Å². The van der Waals surface area contributed by atoms with Gasteiger partial charge < -0.3 is 9.30 Å². The molecule has 2 aromatic heterocycles. The zero-order valence-electron chi connectivity index (χ0n) is 19.9. The SMILES string of the molecule is CCCOC(=O)[C@H](CC(C)C)N(C)S(=O)(=O)c1ccc(Cn2c(C)nc3ccncc32)cc1. The van der Waals surface area contributed by atoms with Gasteiger partial charge in [-0.1, -0.05) is 32.9 Å². The third kappa shape index (κ3) is 5.59. The van der Waals surface area contributed by atoms with E-state index >= 15 is 0 Å². The number of hydrogen-bond donors (Lipinski definition) is 0. The highest BCUT2D eigenvalue weighted by Crippen LogP contribution is 2.23. The van der Waals surface area contributed by atoms with Gasteiger partial charge in [0.15, 0.2) is 0 Å². The number of aryl methyl sites for hydroxylation is 1. The van der Waals surface area contributed by atoms with E-state index in [1.165, 1.54) is 7.05 Å². The predicted octanol–water partition coefficient (Wildman–Crippen LogP) is 3.78. The van der Waals surface area contributed by atoms with Crippen LogP contribution in [-0.2, 0) is 26.1 Å². The van der Waals surface area contributed by atoms with Gasteiger partial charge in [-0.15, -0.1) is 0 Å². The Balaban J connectivity index is 1.83. The van der Waals surface area contributed by atoms with E-state index in [0.717, 1.165) is 26.7 Å². The van der Waals surface area contributed by atoms with E-state index in [-0.39, 0.29) is 17.4 Å². The van der Waals surface area contributed by atoms with Crippen LogP contribution in [0.2, 0.25) is 0 Å². The van der Waals surface area contributed by atoms with Gasteiger partial charge in [0.05, 0.1) is 28.7 Å². The van der Waals surface area contributed by atoms with Crippen molar-refractivity contribution in [1.82, 2.24) is 18.8 Å². The highest BCUT2D eigenvalue weighted by molar-refractivity contribution is 7.89. The summed E-state index contributed by atoms with van der Waals surface area (Å²) in [6, 6.07) is 7.73. The fourth-order valence-electron chi connectivity index (χ4n) is 3.71. The average molecular weight is 473 g/mol. The van der Waals surface area contributed by atoms with Crippen LogP contribution in [0.25, 0.3) is 11.0 Å². The van der Waals surface area contributed by atoms with Crippen molar-refractivity contribution in [2.75, 3.05) is 13.7 Å². The van der Waals surface area contributed by atoms with Crippen LogP contribution in [0.3, 0.4) is 0 Å². The predicted molar refractivity (Wildman–Crippen MR) is 127 cm³/mol. The van der Waals surface area contributed by atoms with Crippen LogP contribution in [-0.4, -0.2) is 52.9 Å². The van der Waals surface area contributed by atoms with Crippen molar-refractivity contribution in [1.29, 1.82) is 0 Å². The van der Waals surface area contributed by atoms with Crippen molar-refractivity contribution >= 4 is 27.0 Å². The molecule has 178 valence electrons. The number of nitrogens with zero attached hydrogens (tertiary/aromatic N) is 4. The van der Waals surface area contributed by atoms with E-state index < -0.39 is 22.0 Å². The zero-order chi connectivity index (χ0) is 24.2. The van der Waals surface area contributed by atoms with E-state index in [1.54, 1.807) is 36.7 Å². The van der Waals surface area contributed by atoms with E-state index in [0.29, 0.717) is 19.4 Å². The number of rotatable bonds is 10. The Morgan fingerprint density at radius 1 is 1.18 bits per heavy atom. The molecule has 0 radical (unpaired) electrons. The summed E-state index contributed by atoms with van der Waals surface area (Å²) in [6.07, 6.45) is 4.55. The number of aromatic nitrogens is 3. The Labute approximate surface area is 195 Å². The monoisotopic (exact) mass is 472 g/mol. The number of fused-ring (bicyclic) bond motifs is 1. The summed E-state index contributed by atoms with van der Waals surface area (Å²) in [5.74, 6) is 0.479. The summed E-state index contributed by atoms with van der Waals surface area (Å²) in [4.78, 5) is 21.5. The van der Waals surface area contributed by atoms with Crippen LogP contribution in [0.15, 0.2) is 47.6 Å². The highest BCUT2D eigenvalue weighted by Gasteiger charge is 2.34. The van der Waals surface area contributed by atoms with E-state index in [1.807, 2.05) is 38.3 Å². The quantitative estimate of drug-likeness (QED) is 0.417. The fourth-order valence-corrected chi connectivity index (χ4v) is 5.03. The fraction of sp³-hybridized carbons (Fsp3) is 0.458. The lowest BCUT2D eigenvalue weighted by Gasteiger charge is -2.27. The maximum Gasteiger partial charge on any atom is 0.324 e. The summed E-state index contributed by atoms with van der Waals surface area (Å²) >= 11 is 0. The lowest BCUT2D eigenvalue weighted by molar-refractivity contribution is -0.148. The van der Waals surface area contributed by atoms with Gasteiger partial charge in [-0.05, 0) is 49.4 Å². The van der Waals surface area contributed by atoms with Gasteiger partial charge in [0.1, 0.15) is 11.9 Å². The first-order valence-corrected chi connectivity index (χ1v) is 12.6. The van der Waals surface area contributed by atoms with Crippen LogP contribution < -0.4 is 0 Å². The highest BCUT2D eigenvalue weighted by atomic mass is 32.2. The topological polar surface area (TPSA) is 94.4 Å². The van der Waals surface area contributed by atoms with Crippen molar-refractivity contribution < 1.29 is 17.9 Å². The van der Waals surface area contributed by atoms with Crippen LogP contribution in [0.4, 0.5) is 0 Å². The summed E-state index contributed by atoms with van der Waals surface area (Å²) in [5, 5.41) is 0. The molecule has 33 heavy (non-hydrogen) atoms. The minimum absolute atomic E-state index is 0.131. The summed E-state index contributed by atoms with van der Waals surface area (Å²) < 4.78 is 35.0. The Morgan fingerprint density at radius 3 is 2.52 bits per heavy atom. The van der Waals surface area contributed by atoms with Gasteiger partial charge in [0.25, 0.3) is 0 Å². The van der Waals surface area contributed by atoms with Gasteiger partial charge in [-0.3, -0.25) is 9.78 Å². The molecule has 9 heteroatoms. The second-order valence-electron chi connectivity index (χ2n) is 8.59. The second kappa shape index (κ2) is 10.4. The van der Waals surface area contributed by atoms with Crippen LogP contribution >= 0.6 is 0 Å². The molecule has 2 heterocycles. The molecule has 0 spiro atoms. The molecule has 3 aromatic rings. The van der Waals surface area contributed by atoms with Gasteiger partial charge in [-0.2, -0.15) is 4.31 Å². The van der Waals surface area contributed by atoms with Crippen LogP contribution in [0.1, 0.15) is 45.0 Å². The molecule has 0 aliphatic carbocycles. The van der Waals surface area contributed by atoms with Gasteiger partial charge in [0.2, 0.25) is 10.0 Å². The number of imidazole rings is 1. The number of hydrogen-bond acceptors (Lipinski definition) is 6. The van der Waals surface area contributed by atoms with Crippen molar-refractivity contribution in [3.8, 4) is 0 Å². The third-order valence-electron chi connectivity index (χ3n) is 5.54. The maximum atomic E-state index is 13.3. The number of ether oxygens (including phenoxy) is 1. The molecule has 1 atom stereocenters. The molecule has 0 aliphatic rings. The number of carbonyl (C=O) groups excluding carboxylic acids is 1. The molecule has 0 N–H and O–H groups in total. The average Bonchev–Trinajstić information content (AvgIpc) is 3.10. The molecule has 0 aliphatic heterocycles. The van der Waals surface area contributed by atoms with Gasteiger partial charge in [0, 0.05) is 19.8 Å². The molecular formula is C24H32N4O4S. The first-order valence-electron chi connectivity index (χ1n) is 11.2. The Kier molecular flexibility index (Phi) is 7.86. The minimum Gasteiger partial charge on any atom is -0.465 e. The van der Waals surface area contributed by atoms with Crippen molar-refractivity contribution in [3.63, 3.8) is 0 Å². The van der Waals surface area contributed by atoms with Crippen LogP contribution in [0.5, 0.6) is 0 Å². The standard InChI is InChI=1S/C24H32N4O4S/c1-6-13-32-24(29)22(14-17(2)3)27(5)33(30,31)20-9-7-19(8-10-20)16-28-18(4)26-21-11-12-25-15-23(21)28/h7-12,15,17,22H,6,13-14,16H2,1-5H3/t22-/m0/s1. The zero-order valence-corrected chi connectivity index (χ0v) is 20.7. The van der Waals surface area contributed by atoms with Gasteiger partial charge in [-0.25, -0.2) is 13.4 Å². The molecular weight excluding hydrogens is 440 g/mol. The Hall–Kier alpha value is -2.78. The van der Waals surface area contributed by atoms with Crippen molar-refractivity contribution in [2.45, 2.75) is 58.0 Å². The van der Waals surface area contributed by atoms with E-state index in [4.69, 9.17) is 4.74 Å². The first kappa shape index (κ1) is 24.9. The molecule has 1 aromatic carbocycles. The van der Waals surface area contributed by atoms with Gasteiger partial charge >= 0.3 is 5.97 Å². The van der Waals surface area contributed by atoms with Crippen LogP contribution in [0, 0.1) is 12.8 Å². The third-order valence-corrected chi connectivity index (χ3v) is 7.42. The summed E-state index contributed by atoms with van der Waals surface area (Å²) in [6.45, 7) is 8.55. The molecule has 0 fully saturated rings. The molecule has 3 rings (SSSR count). The Morgan fingerprint density at radius 2 is 1.88 bits per heavy atom. The number of likely N-dealkylation sites (N-methyl/N-ethyl adjacent to an activating group) is 1. The number of sulfonamides is 1. The van der Waals surface area contributed by atoms with Crippen molar-refractivity contribution in [2.24, 2.45) is 5.92 Å². The second-order valence-corrected chi connectivity index (χ2v) is 10.6. The van der Waals surface area contributed by atoms with Crippen molar-refractivity contribution in [3.05, 3.63) is 54.1 Å². The van der Waals surface area contributed by atoms with E-state index in [9.17, 15) is 13.2 Å². The number of esters is 1. The lowest BCUT2D eigenvalue weighted by atomic mass is 10.0. The number of pyridine rings is 1. The number of carbonyl (C=O) groups is 1. The summed E-state index contributed by atoms with van der Waals surface area (Å²) in [5.41, 5.74) is 2.73. The largest absolute Gasteiger partial charge is 0.465 e. The normalized spacial score (nSPS) is 13.1. The molecule has 0 unspecified atom stereocenters. The molecule has 0 saturated heterocycles. The smallest absolute Gasteiger partial charge is 0.324 e. The summed E-state index contributed by atoms with van der Waals surface area (Å²) in [7, 11) is -2.43. The molecule has 8 nitrogen and oxygen atoms in total. The molecule has 0 bridgehead atoms.